The smallest absolute Gasteiger partial charge is 0.119 e. The fourth-order valence-corrected chi connectivity index (χ4v) is 2.07. The van der Waals surface area contributed by atoms with E-state index in [1.54, 1.807) is 0 Å². The van der Waals surface area contributed by atoms with E-state index >= 15 is 0 Å². The first-order valence-electron chi connectivity index (χ1n) is 6.88. The van der Waals surface area contributed by atoms with Crippen molar-refractivity contribution in [3.05, 3.63) is 29.8 Å². The summed E-state index contributed by atoms with van der Waals surface area (Å²) in [7, 11) is 0. The Labute approximate surface area is 110 Å². The maximum absolute atomic E-state index is 9.74. The van der Waals surface area contributed by atoms with E-state index in [9.17, 15) is 5.11 Å². The van der Waals surface area contributed by atoms with Crippen LogP contribution in [0.5, 0.6) is 5.75 Å². The Kier molecular flexibility index (Phi) is 3.96. The summed E-state index contributed by atoms with van der Waals surface area (Å²) >= 11 is 0. The lowest BCUT2D eigenvalue weighted by molar-refractivity contribution is 0.119. The molecule has 2 heteroatoms. The van der Waals surface area contributed by atoms with Crippen molar-refractivity contribution in [2.75, 3.05) is 6.61 Å². The average molecular weight is 248 g/mol. The molecular formula is C16H24O2. The highest BCUT2D eigenvalue weighted by atomic mass is 16.5. The van der Waals surface area contributed by atoms with Crippen LogP contribution >= 0.6 is 0 Å². The van der Waals surface area contributed by atoms with E-state index in [-0.39, 0.29) is 11.5 Å². The molecule has 2 rings (SSSR count). The van der Waals surface area contributed by atoms with Gasteiger partial charge >= 0.3 is 0 Å². The number of ether oxygens (including phenoxy) is 1. The summed E-state index contributed by atoms with van der Waals surface area (Å²) in [6.07, 6.45) is 2.94. The van der Waals surface area contributed by atoms with Crippen LogP contribution < -0.4 is 4.74 Å². The number of aliphatic hydroxyl groups excluding tert-OH is 1. The molecule has 1 aliphatic rings. The Morgan fingerprint density at radius 3 is 2.33 bits per heavy atom. The molecule has 0 aromatic heterocycles. The molecule has 1 aromatic rings. The van der Waals surface area contributed by atoms with E-state index in [0.717, 1.165) is 12.2 Å². The van der Waals surface area contributed by atoms with Gasteiger partial charge < -0.3 is 9.84 Å². The molecule has 2 nitrogen and oxygen atoms in total. The molecule has 1 N–H and O–H groups in total. The number of rotatable bonds is 5. The second-order valence-corrected chi connectivity index (χ2v) is 6.32. The monoisotopic (exact) mass is 248 g/mol. The van der Waals surface area contributed by atoms with Gasteiger partial charge in [-0.15, -0.1) is 0 Å². The fourth-order valence-electron chi connectivity index (χ4n) is 2.07. The van der Waals surface area contributed by atoms with Crippen LogP contribution in [0.3, 0.4) is 0 Å². The van der Waals surface area contributed by atoms with E-state index in [1.165, 1.54) is 18.4 Å². The summed E-state index contributed by atoms with van der Waals surface area (Å²) < 4.78 is 5.66. The zero-order valence-corrected chi connectivity index (χ0v) is 11.6. The van der Waals surface area contributed by atoms with Crippen LogP contribution in [0.1, 0.15) is 45.6 Å². The summed E-state index contributed by atoms with van der Waals surface area (Å²) in [5.74, 6) is 1.43. The molecule has 0 heterocycles. The molecule has 100 valence electrons. The molecule has 0 radical (unpaired) electrons. The first-order chi connectivity index (χ1) is 8.47. The van der Waals surface area contributed by atoms with Crippen molar-refractivity contribution < 1.29 is 9.84 Å². The van der Waals surface area contributed by atoms with Gasteiger partial charge in [0.2, 0.25) is 0 Å². The quantitative estimate of drug-likeness (QED) is 0.864. The van der Waals surface area contributed by atoms with Gasteiger partial charge in [0.1, 0.15) is 5.75 Å². The third-order valence-corrected chi connectivity index (χ3v) is 3.57. The van der Waals surface area contributed by atoms with Crippen LogP contribution in [0.25, 0.3) is 0 Å². The van der Waals surface area contributed by atoms with Gasteiger partial charge in [0, 0.05) is 6.42 Å². The van der Waals surface area contributed by atoms with Crippen molar-refractivity contribution in [1.82, 2.24) is 0 Å². The van der Waals surface area contributed by atoms with Gasteiger partial charge in [-0.05, 0) is 41.9 Å². The Morgan fingerprint density at radius 1 is 1.22 bits per heavy atom. The third kappa shape index (κ3) is 3.74. The SMILES string of the molecule is CC(C)(C)c1ccc(OCCC(O)C2CC2)cc1. The summed E-state index contributed by atoms with van der Waals surface area (Å²) in [6, 6.07) is 8.27. The fraction of sp³-hybridized carbons (Fsp3) is 0.625. The molecule has 1 atom stereocenters. The van der Waals surface area contributed by atoms with Gasteiger partial charge in [0.15, 0.2) is 0 Å². The Morgan fingerprint density at radius 2 is 1.83 bits per heavy atom. The highest BCUT2D eigenvalue weighted by Gasteiger charge is 2.29. The predicted molar refractivity (Wildman–Crippen MR) is 74.0 cm³/mol. The average Bonchev–Trinajstić information content (AvgIpc) is 3.12. The highest BCUT2D eigenvalue weighted by Crippen LogP contribution is 2.33. The van der Waals surface area contributed by atoms with Crippen molar-refractivity contribution in [1.29, 1.82) is 0 Å². The molecular weight excluding hydrogens is 224 g/mol. The van der Waals surface area contributed by atoms with Crippen LogP contribution in [0.2, 0.25) is 0 Å². The number of benzene rings is 1. The zero-order valence-electron chi connectivity index (χ0n) is 11.6. The first-order valence-corrected chi connectivity index (χ1v) is 6.88. The van der Waals surface area contributed by atoms with Crippen molar-refractivity contribution in [3.63, 3.8) is 0 Å². The normalized spacial score (nSPS) is 17.6. The highest BCUT2D eigenvalue weighted by molar-refractivity contribution is 5.31. The van der Waals surface area contributed by atoms with E-state index in [0.29, 0.717) is 12.5 Å². The van der Waals surface area contributed by atoms with Gasteiger partial charge in [-0.3, -0.25) is 0 Å². The summed E-state index contributed by atoms with van der Waals surface area (Å²) in [5, 5.41) is 9.74. The van der Waals surface area contributed by atoms with Crippen LogP contribution in [0.15, 0.2) is 24.3 Å². The largest absolute Gasteiger partial charge is 0.493 e. The lowest BCUT2D eigenvalue weighted by Crippen LogP contribution is -2.14. The number of aliphatic hydroxyl groups is 1. The summed E-state index contributed by atoms with van der Waals surface area (Å²) in [4.78, 5) is 0. The first kappa shape index (κ1) is 13.4. The third-order valence-electron chi connectivity index (χ3n) is 3.57. The Hall–Kier alpha value is -1.02. The zero-order chi connectivity index (χ0) is 13.2. The van der Waals surface area contributed by atoms with E-state index in [1.807, 2.05) is 12.1 Å². The van der Waals surface area contributed by atoms with Gasteiger partial charge in [-0.25, -0.2) is 0 Å². The minimum Gasteiger partial charge on any atom is -0.493 e. The molecule has 1 aliphatic carbocycles. The molecule has 1 aromatic carbocycles. The molecule has 1 fully saturated rings. The van der Waals surface area contributed by atoms with Crippen LogP contribution in [-0.4, -0.2) is 17.8 Å². The van der Waals surface area contributed by atoms with Crippen molar-refractivity contribution in [3.8, 4) is 5.75 Å². The predicted octanol–water partition coefficient (Wildman–Crippen LogP) is 3.52. The maximum Gasteiger partial charge on any atom is 0.119 e. The molecule has 0 bridgehead atoms. The Bertz CT molecular complexity index is 371. The molecule has 0 saturated heterocycles. The van der Waals surface area contributed by atoms with Crippen LogP contribution in [0, 0.1) is 5.92 Å². The van der Waals surface area contributed by atoms with Crippen LogP contribution in [-0.2, 0) is 5.41 Å². The second-order valence-electron chi connectivity index (χ2n) is 6.32. The Balaban J connectivity index is 1.79. The van der Waals surface area contributed by atoms with Gasteiger partial charge in [-0.1, -0.05) is 32.9 Å². The van der Waals surface area contributed by atoms with Gasteiger partial charge in [-0.2, -0.15) is 0 Å². The molecule has 1 saturated carbocycles. The molecule has 18 heavy (non-hydrogen) atoms. The minimum atomic E-state index is -0.168. The topological polar surface area (TPSA) is 29.5 Å². The number of hydrogen-bond acceptors (Lipinski definition) is 2. The van der Waals surface area contributed by atoms with Crippen LogP contribution in [0.4, 0.5) is 0 Å². The van der Waals surface area contributed by atoms with E-state index < -0.39 is 0 Å². The lowest BCUT2D eigenvalue weighted by atomic mass is 9.87. The van der Waals surface area contributed by atoms with Crippen molar-refractivity contribution in [2.45, 2.75) is 51.6 Å². The molecule has 1 unspecified atom stereocenters. The van der Waals surface area contributed by atoms with Crippen molar-refractivity contribution >= 4 is 0 Å². The summed E-state index contributed by atoms with van der Waals surface area (Å²) in [5.41, 5.74) is 1.49. The maximum atomic E-state index is 9.74. The summed E-state index contributed by atoms with van der Waals surface area (Å²) in [6.45, 7) is 7.21. The second kappa shape index (κ2) is 5.31. The van der Waals surface area contributed by atoms with E-state index in [4.69, 9.17) is 4.74 Å². The molecule has 0 aliphatic heterocycles. The number of hydrogen-bond donors (Lipinski definition) is 1. The molecule has 0 amide bonds. The van der Waals surface area contributed by atoms with Gasteiger partial charge in [0.25, 0.3) is 0 Å². The lowest BCUT2D eigenvalue weighted by Gasteiger charge is -2.19. The van der Waals surface area contributed by atoms with E-state index in [2.05, 4.69) is 32.9 Å². The van der Waals surface area contributed by atoms with Gasteiger partial charge in [0.05, 0.1) is 12.7 Å². The molecule has 0 spiro atoms. The van der Waals surface area contributed by atoms with Crippen molar-refractivity contribution in [2.24, 2.45) is 5.92 Å². The minimum absolute atomic E-state index is 0.168. The standard InChI is InChI=1S/C16H24O2/c1-16(2,3)13-6-8-14(9-7-13)18-11-10-15(17)12-4-5-12/h6-9,12,15,17H,4-5,10-11H2,1-3H3.